The van der Waals surface area contributed by atoms with Gasteiger partial charge in [-0.05, 0) is 75.3 Å². The molecule has 3 aromatic rings. The monoisotopic (exact) mass is 413 g/mol. The minimum atomic E-state index is -1.82. The Morgan fingerprint density at radius 2 is 1.80 bits per heavy atom. The van der Waals surface area contributed by atoms with Crippen molar-refractivity contribution in [2.45, 2.75) is 44.6 Å². The number of aryl methyl sites for hydroxylation is 1. The minimum absolute atomic E-state index is 0.737. The van der Waals surface area contributed by atoms with E-state index in [0.29, 0.717) is 0 Å². The summed E-state index contributed by atoms with van der Waals surface area (Å²) in [4.78, 5) is 21.6. The maximum absolute atomic E-state index is 9.10. The van der Waals surface area contributed by atoms with Crippen LogP contribution in [-0.4, -0.2) is 55.0 Å². The van der Waals surface area contributed by atoms with Crippen molar-refractivity contribution in [1.29, 1.82) is 0 Å². The van der Waals surface area contributed by atoms with Gasteiger partial charge in [0.15, 0.2) is 0 Å². The van der Waals surface area contributed by atoms with Crippen LogP contribution in [0.25, 0.3) is 16.6 Å². The second kappa shape index (κ2) is 10.0. The van der Waals surface area contributed by atoms with Gasteiger partial charge in [-0.15, -0.1) is 10.2 Å². The maximum atomic E-state index is 9.10. The number of carboxylic acids is 2. The SMILES string of the molecule is CNC1CCC(CCc2c[nH]c3ccc(-n4cnnc4)cc23)CC1.O=C(O)C(=O)O. The van der Waals surface area contributed by atoms with Gasteiger partial charge in [-0.2, -0.15) is 0 Å². The molecule has 9 nitrogen and oxygen atoms in total. The number of aromatic amines is 1. The van der Waals surface area contributed by atoms with Crippen molar-refractivity contribution >= 4 is 22.8 Å². The third-order valence-corrected chi connectivity index (χ3v) is 5.73. The number of carbonyl (C=O) groups is 2. The highest BCUT2D eigenvalue weighted by molar-refractivity contribution is 6.27. The Labute approximate surface area is 174 Å². The van der Waals surface area contributed by atoms with E-state index in [1.807, 2.05) is 4.57 Å². The summed E-state index contributed by atoms with van der Waals surface area (Å²) >= 11 is 0. The molecule has 160 valence electrons. The minimum Gasteiger partial charge on any atom is -0.473 e. The first-order valence-corrected chi connectivity index (χ1v) is 10.1. The van der Waals surface area contributed by atoms with Gasteiger partial charge in [0.2, 0.25) is 0 Å². The molecule has 1 saturated carbocycles. The number of carboxylic acid groups (broad SMARTS) is 2. The number of benzene rings is 1. The molecular weight excluding hydrogens is 386 g/mol. The first-order valence-electron chi connectivity index (χ1n) is 10.1. The standard InChI is InChI=1S/C19H25N5.C2H2O4/c1-20-16-6-3-14(4-7-16)2-5-15-11-21-19-9-8-17(10-18(15)19)24-12-22-23-13-24;3-1(4)2(5)6/h8-14,16,20-21H,2-7H2,1H3;(H,3,4)(H,5,6). The molecule has 0 bridgehead atoms. The molecule has 1 aromatic carbocycles. The van der Waals surface area contributed by atoms with Crippen LogP contribution < -0.4 is 5.32 Å². The zero-order valence-corrected chi connectivity index (χ0v) is 16.9. The van der Waals surface area contributed by atoms with Gasteiger partial charge >= 0.3 is 11.9 Å². The zero-order valence-electron chi connectivity index (χ0n) is 16.9. The van der Waals surface area contributed by atoms with Crippen LogP contribution in [-0.2, 0) is 16.0 Å². The van der Waals surface area contributed by atoms with Crippen molar-refractivity contribution in [3.63, 3.8) is 0 Å². The summed E-state index contributed by atoms with van der Waals surface area (Å²) < 4.78 is 1.95. The second-order valence-corrected chi connectivity index (χ2v) is 7.57. The van der Waals surface area contributed by atoms with E-state index in [2.05, 4.69) is 51.9 Å². The van der Waals surface area contributed by atoms with E-state index in [-0.39, 0.29) is 0 Å². The highest BCUT2D eigenvalue weighted by Crippen LogP contribution is 2.30. The maximum Gasteiger partial charge on any atom is 0.414 e. The van der Waals surface area contributed by atoms with Gasteiger partial charge in [-0.25, -0.2) is 9.59 Å². The van der Waals surface area contributed by atoms with Gasteiger partial charge in [0.1, 0.15) is 12.7 Å². The van der Waals surface area contributed by atoms with Crippen molar-refractivity contribution in [3.05, 3.63) is 42.6 Å². The number of nitrogens with zero attached hydrogens (tertiary/aromatic N) is 3. The van der Waals surface area contributed by atoms with Gasteiger partial charge in [0.05, 0.1) is 0 Å². The van der Waals surface area contributed by atoms with E-state index in [1.54, 1.807) is 12.7 Å². The Bertz CT molecular complexity index is 963. The van der Waals surface area contributed by atoms with Gasteiger partial charge < -0.3 is 20.5 Å². The quantitative estimate of drug-likeness (QED) is 0.473. The summed E-state index contributed by atoms with van der Waals surface area (Å²) in [6.07, 6.45) is 13.5. The van der Waals surface area contributed by atoms with Gasteiger partial charge in [-0.3, -0.25) is 4.57 Å². The topological polar surface area (TPSA) is 133 Å². The summed E-state index contributed by atoms with van der Waals surface area (Å²) in [5.74, 6) is -2.77. The fourth-order valence-electron chi connectivity index (χ4n) is 3.97. The van der Waals surface area contributed by atoms with Crippen molar-refractivity contribution in [1.82, 2.24) is 25.1 Å². The lowest BCUT2D eigenvalue weighted by atomic mass is 9.83. The summed E-state index contributed by atoms with van der Waals surface area (Å²) in [6.45, 7) is 0. The third kappa shape index (κ3) is 5.44. The Balaban J connectivity index is 0.000000377. The Morgan fingerprint density at radius 1 is 1.13 bits per heavy atom. The number of H-pyrrole nitrogens is 1. The first-order chi connectivity index (χ1) is 14.5. The van der Waals surface area contributed by atoms with Crippen LogP contribution in [0, 0.1) is 5.92 Å². The first kappa shape index (κ1) is 21.5. The van der Waals surface area contributed by atoms with E-state index in [9.17, 15) is 0 Å². The number of hydrogen-bond acceptors (Lipinski definition) is 5. The van der Waals surface area contributed by atoms with Crippen LogP contribution in [0.4, 0.5) is 0 Å². The molecule has 4 rings (SSSR count). The average Bonchev–Trinajstić information content (AvgIpc) is 3.43. The van der Waals surface area contributed by atoms with Crippen LogP contribution in [0.5, 0.6) is 0 Å². The highest BCUT2D eigenvalue weighted by Gasteiger charge is 2.20. The van der Waals surface area contributed by atoms with Gasteiger partial charge in [-0.1, -0.05) is 0 Å². The van der Waals surface area contributed by atoms with Crippen molar-refractivity contribution in [2.75, 3.05) is 7.05 Å². The molecule has 0 saturated heterocycles. The van der Waals surface area contributed by atoms with Crippen LogP contribution >= 0.6 is 0 Å². The molecular formula is C21H27N5O4. The summed E-state index contributed by atoms with van der Waals surface area (Å²) in [5, 5.41) is 27.3. The molecule has 0 aliphatic heterocycles. The van der Waals surface area contributed by atoms with Crippen LogP contribution in [0.3, 0.4) is 0 Å². The molecule has 0 unspecified atom stereocenters. The predicted molar refractivity (Wildman–Crippen MR) is 112 cm³/mol. The van der Waals surface area contributed by atoms with Crippen LogP contribution in [0.2, 0.25) is 0 Å². The molecule has 2 aromatic heterocycles. The molecule has 0 radical (unpaired) electrons. The van der Waals surface area contributed by atoms with Crippen molar-refractivity contribution < 1.29 is 19.8 Å². The fraction of sp³-hybridized carbons (Fsp3) is 0.429. The van der Waals surface area contributed by atoms with E-state index < -0.39 is 11.9 Å². The van der Waals surface area contributed by atoms with Crippen LogP contribution in [0.15, 0.2) is 37.1 Å². The molecule has 30 heavy (non-hydrogen) atoms. The molecule has 1 fully saturated rings. The number of aliphatic carboxylic acids is 2. The van der Waals surface area contributed by atoms with E-state index >= 15 is 0 Å². The van der Waals surface area contributed by atoms with Crippen LogP contribution in [0.1, 0.15) is 37.7 Å². The van der Waals surface area contributed by atoms with E-state index in [1.165, 1.54) is 48.6 Å². The molecule has 0 atom stereocenters. The number of aromatic nitrogens is 4. The lowest BCUT2D eigenvalue weighted by Crippen LogP contribution is -2.30. The second-order valence-electron chi connectivity index (χ2n) is 7.57. The van der Waals surface area contributed by atoms with Gasteiger partial charge in [0, 0.05) is 28.8 Å². The summed E-state index contributed by atoms with van der Waals surface area (Å²) in [6, 6.07) is 7.22. The lowest BCUT2D eigenvalue weighted by molar-refractivity contribution is -0.159. The highest BCUT2D eigenvalue weighted by atomic mass is 16.4. The molecule has 9 heteroatoms. The third-order valence-electron chi connectivity index (χ3n) is 5.73. The number of rotatable bonds is 5. The van der Waals surface area contributed by atoms with Gasteiger partial charge in [0.25, 0.3) is 0 Å². The van der Waals surface area contributed by atoms with Crippen molar-refractivity contribution in [3.8, 4) is 5.69 Å². The summed E-state index contributed by atoms with van der Waals surface area (Å²) in [7, 11) is 2.09. The van der Waals surface area contributed by atoms with E-state index in [4.69, 9.17) is 19.8 Å². The number of hydrogen-bond donors (Lipinski definition) is 4. The molecule has 2 heterocycles. The van der Waals surface area contributed by atoms with E-state index in [0.717, 1.165) is 24.1 Å². The average molecular weight is 413 g/mol. The zero-order chi connectivity index (χ0) is 21.5. The fourth-order valence-corrected chi connectivity index (χ4v) is 3.97. The Kier molecular flexibility index (Phi) is 7.18. The number of nitrogens with one attached hydrogen (secondary N) is 2. The number of fused-ring (bicyclic) bond motifs is 1. The molecule has 1 aliphatic rings. The Morgan fingerprint density at radius 3 is 2.40 bits per heavy atom. The molecule has 4 N–H and O–H groups in total. The Hall–Kier alpha value is -3.20. The molecule has 1 aliphatic carbocycles. The predicted octanol–water partition coefficient (Wildman–Crippen LogP) is 2.61. The molecule has 0 amide bonds. The molecule has 0 spiro atoms. The largest absolute Gasteiger partial charge is 0.473 e. The normalized spacial score (nSPS) is 18.6. The van der Waals surface area contributed by atoms with Crippen molar-refractivity contribution in [2.24, 2.45) is 5.92 Å². The summed E-state index contributed by atoms with van der Waals surface area (Å²) in [5.41, 5.74) is 3.75. The smallest absolute Gasteiger partial charge is 0.414 e. The lowest BCUT2D eigenvalue weighted by Gasteiger charge is -2.28.